The summed E-state index contributed by atoms with van der Waals surface area (Å²) in [5.74, 6) is 1.53. The number of benzene rings is 2. The van der Waals surface area contributed by atoms with Gasteiger partial charge in [-0.2, -0.15) is 0 Å². The fraction of sp³-hybridized carbons (Fsp3) is 0.500. The summed E-state index contributed by atoms with van der Waals surface area (Å²) in [6.45, 7) is 7.00. The molecule has 152 valence electrons. The van der Waals surface area contributed by atoms with Crippen molar-refractivity contribution in [3.63, 3.8) is 0 Å². The van der Waals surface area contributed by atoms with Gasteiger partial charge < -0.3 is 19.5 Å². The van der Waals surface area contributed by atoms with Crippen molar-refractivity contribution in [2.75, 3.05) is 27.4 Å². The van der Waals surface area contributed by atoms with Crippen LogP contribution < -0.4 is 14.8 Å². The normalized spacial score (nSPS) is 21.3. The maximum absolute atomic E-state index is 6.02. The van der Waals surface area contributed by atoms with E-state index < -0.39 is 0 Å². The second-order valence-corrected chi connectivity index (χ2v) is 8.30. The first-order chi connectivity index (χ1) is 13.5. The number of ether oxygens (including phenoxy) is 3. The van der Waals surface area contributed by atoms with Crippen LogP contribution in [-0.4, -0.2) is 33.0 Å². The van der Waals surface area contributed by atoms with E-state index >= 15 is 0 Å². The van der Waals surface area contributed by atoms with Gasteiger partial charge in [-0.05, 0) is 62.9 Å². The van der Waals surface area contributed by atoms with E-state index in [9.17, 15) is 0 Å². The van der Waals surface area contributed by atoms with Gasteiger partial charge in [0.25, 0.3) is 0 Å². The Hall–Kier alpha value is -2.04. The summed E-state index contributed by atoms with van der Waals surface area (Å²) < 4.78 is 16.7. The predicted octanol–water partition coefficient (Wildman–Crippen LogP) is 4.71. The fourth-order valence-electron chi connectivity index (χ4n) is 4.42. The Balaban J connectivity index is 1.65. The quantitative estimate of drug-likeness (QED) is 0.670. The van der Waals surface area contributed by atoms with Crippen LogP contribution in [-0.2, 0) is 16.7 Å². The van der Waals surface area contributed by atoms with E-state index in [1.54, 1.807) is 14.2 Å². The Morgan fingerprint density at radius 2 is 1.75 bits per heavy atom. The summed E-state index contributed by atoms with van der Waals surface area (Å²) in [7, 11) is 3.33. The molecule has 28 heavy (non-hydrogen) atoms. The van der Waals surface area contributed by atoms with E-state index in [1.807, 2.05) is 12.1 Å². The molecule has 0 radical (unpaired) electrons. The van der Waals surface area contributed by atoms with Gasteiger partial charge in [-0.15, -0.1) is 0 Å². The van der Waals surface area contributed by atoms with E-state index in [2.05, 4.69) is 55.6 Å². The molecule has 0 spiro atoms. The highest BCUT2D eigenvalue weighted by Crippen LogP contribution is 2.43. The molecular weight excluding hydrogens is 350 g/mol. The molecule has 1 N–H and O–H groups in total. The Morgan fingerprint density at radius 1 is 1.00 bits per heavy atom. The van der Waals surface area contributed by atoms with Crippen molar-refractivity contribution in [3.05, 3.63) is 59.7 Å². The third-order valence-electron chi connectivity index (χ3n) is 5.78. The third kappa shape index (κ3) is 4.86. The first kappa shape index (κ1) is 20.7. The van der Waals surface area contributed by atoms with Crippen LogP contribution in [0.4, 0.5) is 0 Å². The molecule has 0 aromatic heterocycles. The van der Waals surface area contributed by atoms with Gasteiger partial charge in [-0.1, -0.05) is 36.4 Å². The number of nitrogens with one attached hydrogen (secondary N) is 1. The van der Waals surface area contributed by atoms with Gasteiger partial charge in [0.15, 0.2) is 11.5 Å². The molecule has 1 aliphatic rings. The number of hydrogen-bond donors (Lipinski definition) is 1. The Morgan fingerprint density at radius 3 is 2.43 bits per heavy atom. The lowest BCUT2D eigenvalue weighted by Gasteiger charge is -2.45. The van der Waals surface area contributed by atoms with Gasteiger partial charge in [-0.25, -0.2) is 0 Å². The van der Waals surface area contributed by atoms with Crippen LogP contribution in [0.2, 0.25) is 0 Å². The lowest BCUT2D eigenvalue weighted by molar-refractivity contribution is -0.0840. The number of rotatable bonds is 8. The summed E-state index contributed by atoms with van der Waals surface area (Å²) >= 11 is 0. The zero-order valence-electron chi connectivity index (χ0n) is 17.6. The molecule has 1 saturated heterocycles. The summed E-state index contributed by atoms with van der Waals surface area (Å²) in [4.78, 5) is 0. The first-order valence-corrected chi connectivity index (χ1v) is 10.1. The molecule has 1 atom stereocenters. The molecule has 1 aliphatic heterocycles. The Bertz CT molecular complexity index is 760. The molecule has 0 saturated carbocycles. The van der Waals surface area contributed by atoms with E-state index in [4.69, 9.17) is 14.2 Å². The Kier molecular flexibility index (Phi) is 6.63. The first-order valence-electron chi connectivity index (χ1n) is 10.1. The molecule has 1 fully saturated rings. The minimum atomic E-state index is -0.0859. The highest BCUT2D eigenvalue weighted by molar-refractivity contribution is 5.42. The van der Waals surface area contributed by atoms with Gasteiger partial charge in [0.05, 0.1) is 19.8 Å². The minimum Gasteiger partial charge on any atom is -0.493 e. The van der Waals surface area contributed by atoms with Gasteiger partial charge in [0, 0.05) is 18.6 Å². The lowest BCUT2D eigenvalue weighted by Crippen LogP contribution is -2.45. The van der Waals surface area contributed by atoms with Crippen molar-refractivity contribution in [2.45, 2.75) is 50.7 Å². The Labute approximate surface area is 169 Å². The van der Waals surface area contributed by atoms with E-state index in [0.29, 0.717) is 0 Å². The second-order valence-electron chi connectivity index (χ2n) is 8.30. The van der Waals surface area contributed by atoms with Crippen LogP contribution in [0.1, 0.15) is 44.2 Å². The minimum absolute atomic E-state index is 0.0859. The molecule has 2 aromatic rings. The van der Waals surface area contributed by atoms with Crippen molar-refractivity contribution < 1.29 is 14.2 Å². The van der Waals surface area contributed by atoms with E-state index in [1.165, 1.54) is 11.1 Å². The van der Waals surface area contributed by atoms with Crippen LogP contribution in [0, 0.1) is 0 Å². The molecule has 2 aromatic carbocycles. The average Bonchev–Trinajstić information content (AvgIpc) is 2.71. The predicted molar refractivity (Wildman–Crippen MR) is 113 cm³/mol. The standard InChI is InChI=1S/C24H33NO3/c1-23(2)18-24(13-15-28-23,20-8-6-5-7-9-20)12-14-25-17-19-10-11-21(26-3)22(16-19)27-4/h5-11,16,25H,12-15,17-18H2,1-4H3. The van der Waals surface area contributed by atoms with Gasteiger partial charge >= 0.3 is 0 Å². The van der Waals surface area contributed by atoms with Crippen LogP contribution >= 0.6 is 0 Å². The molecule has 3 rings (SSSR count). The molecule has 1 heterocycles. The zero-order valence-corrected chi connectivity index (χ0v) is 17.6. The van der Waals surface area contributed by atoms with Crippen LogP contribution in [0.25, 0.3) is 0 Å². The van der Waals surface area contributed by atoms with E-state index in [0.717, 1.165) is 50.5 Å². The molecule has 0 bridgehead atoms. The molecule has 0 amide bonds. The van der Waals surface area contributed by atoms with Crippen molar-refractivity contribution in [3.8, 4) is 11.5 Å². The third-order valence-corrected chi connectivity index (χ3v) is 5.78. The van der Waals surface area contributed by atoms with Crippen LogP contribution in [0.5, 0.6) is 11.5 Å². The fourth-order valence-corrected chi connectivity index (χ4v) is 4.42. The monoisotopic (exact) mass is 383 g/mol. The van der Waals surface area contributed by atoms with Crippen LogP contribution in [0.15, 0.2) is 48.5 Å². The second kappa shape index (κ2) is 8.97. The maximum Gasteiger partial charge on any atom is 0.161 e. The molecular formula is C24H33NO3. The number of methoxy groups -OCH3 is 2. The van der Waals surface area contributed by atoms with Crippen molar-refractivity contribution in [1.82, 2.24) is 5.32 Å². The SMILES string of the molecule is COc1ccc(CNCCC2(c3ccccc3)CCOC(C)(C)C2)cc1OC. The molecule has 1 unspecified atom stereocenters. The zero-order chi connectivity index (χ0) is 20.0. The molecule has 4 nitrogen and oxygen atoms in total. The summed E-state index contributed by atoms with van der Waals surface area (Å²) in [5.41, 5.74) is 2.70. The van der Waals surface area contributed by atoms with Crippen molar-refractivity contribution >= 4 is 0 Å². The van der Waals surface area contributed by atoms with Crippen molar-refractivity contribution in [1.29, 1.82) is 0 Å². The summed E-state index contributed by atoms with van der Waals surface area (Å²) in [5, 5.41) is 3.62. The van der Waals surface area contributed by atoms with Gasteiger partial charge in [0.2, 0.25) is 0 Å². The maximum atomic E-state index is 6.02. The summed E-state index contributed by atoms with van der Waals surface area (Å²) in [6, 6.07) is 17.0. The largest absolute Gasteiger partial charge is 0.493 e. The van der Waals surface area contributed by atoms with Crippen LogP contribution in [0.3, 0.4) is 0 Å². The summed E-state index contributed by atoms with van der Waals surface area (Å²) in [6.07, 6.45) is 3.21. The van der Waals surface area contributed by atoms with Gasteiger partial charge in [-0.3, -0.25) is 0 Å². The molecule has 4 heteroatoms. The average molecular weight is 384 g/mol. The molecule has 0 aliphatic carbocycles. The highest BCUT2D eigenvalue weighted by Gasteiger charge is 2.41. The van der Waals surface area contributed by atoms with Crippen molar-refractivity contribution in [2.24, 2.45) is 0 Å². The van der Waals surface area contributed by atoms with Gasteiger partial charge in [0.1, 0.15) is 0 Å². The number of hydrogen-bond acceptors (Lipinski definition) is 4. The topological polar surface area (TPSA) is 39.7 Å². The highest BCUT2D eigenvalue weighted by atomic mass is 16.5. The lowest BCUT2D eigenvalue weighted by atomic mass is 9.67. The van der Waals surface area contributed by atoms with E-state index in [-0.39, 0.29) is 11.0 Å². The smallest absolute Gasteiger partial charge is 0.161 e.